The highest BCUT2D eigenvalue weighted by Gasteiger charge is 2.05. The molecule has 0 saturated heterocycles. The van der Waals surface area contributed by atoms with Gasteiger partial charge in [0.2, 0.25) is 5.91 Å². The monoisotopic (exact) mass is 301 g/mol. The molecule has 2 rings (SSSR count). The fourth-order valence-electron chi connectivity index (χ4n) is 1.53. The average Bonchev–Trinajstić information content (AvgIpc) is 3.01. The molecule has 0 atom stereocenters. The Morgan fingerprint density at radius 1 is 1.24 bits per heavy atom. The van der Waals surface area contributed by atoms with Gasteiger partial charge in [-0.15, -0.1) is 0 Å². The minimum Gasteiger partial charge on any atom is -0.326 e. The van der Waals surface area contributed by atoms with Crippen LogP contribution < -0.4 is 10.7 Å². The Kier molecular flexibility index (Phi) is 5.22. The van der Waals surface area contributed by atoms with Crippen LogP contribution in [-0.4, -0.2) is 18.0 Å². The van der Waals surface area contributed by atoms with Crippen molar-refractivity contribution in [2.75, 3.05) is 5.32 Å². The van der Waals surface area contributed by atoms with Crippen LogP contribution in [0.4, 0.5) is 5.69 Å². The van der Waals surface area contributed by atoms with Crippen LogP contribution in [0.1, 0.15) is 29.3 Å². The molecule has 0 radical (unpaired) electrons. The first-order chi connectivity index (χ1) is 10.2. The molecule has 1 heterocycles. The Morgan fingerprint density at radius 2 is 2.00 bits per heavy atom. The normalized spacial score (nSPS) is 10.5. The van der Waals surface area contributed by atoms with Gasteiger partial charge in [-0.25, -0.2) is 5.43 Å². The van der Waals surface area contributed by atoms with Gasteiger partial charge in [0.1, 0.15) is 0 Å². The number of hydrogen-bond acceptors (Lipinski definition) is 4. The topological polar surface area (TPSA) is 70.6 Å². The van der Waals surface area contributed by atoms with E-state index in [2.05, 4.69) is 15.8 Å². The number of nitrogens with one attached hydrogen (secondary N) is 2. The Balaban J connectivity index is 1.92. The number of hydrazone groups is 1. The standard InChI is InChI=1S/C15H15N3O2S/c1-2-14(19)17-13-5-3-12(4-6-13)15(20)18-16-9-11-7-8-21-10-11/h3-10H,2H2,1H3,(H,17,19)(H,18,20). The summed E-state index contributed by atoms with van der Waals surface area (Å²) in [5.74, 6) is -0.359. The van der Waals surface area contributed by atoms with Crippen molar-refractivity contribution in [2.24, 2.45) is 5.10 Å². The van der Waals surface area contributed by atoms with Crippen LogP contribution in [0.3, 0.4) is 0 Å². The van der Waals surface area contributed by atoms with Gasteiger partial charge >= 0.3 is 0 Å². The van der Waals surface area contributed by atoms with Gasteiger partial charge in [-0.3, -0.25) is 9.59 Å². The van der Waals surface area contributed by atoms with Gasteiger partial charge in [0.15, 0.2) is 0 Å². The van der Waals surface area contributed by atoms with Gasteiger partial charge in [-0.1, -0.05) is 6.92 Å². The van der Waals surface area contributed by atoms with Crippen LogP contribution in [0.25, 0.3) is 0 Å². The van der Waals surface area contributed by atoms with E-state index in [1.54, 1.807) is 48.7 Å². The van der Waals surface area contributed by atoms with Crippen LogP contribution >= 0.6 is 11.3 Å². The first-order valence-electron chi connectivity index (χ1n) is 6.44. The number of carbonyl (C=O) groups is 2. The zero-order valence-electron chi connectivity index (χ0n) is 11.5. The lowest BCUT2D eigenvalue weighted by Crippen LogP contribution is -2.17. The van der Waals surface area contributed by atoms with Crippen molar-refractivity contribution in [3.63, 3.8) is 0 Å². The summed E-state index contributed by atoms with van der Waals surface area (Å²) >= 11 is 1.56. The third kappa shape index (κ3) is 4.54. The molecule has 1 aromatic heterocycles. The number of benzene rings is 1. The lowest BCUT2D eigenvalue weighted by Gasteiger charge is -2.04. The molecule has 0 saturated carbocycles. The number of hydrogen-bond donors (Lipinski definition) is 2. The predicted molar refractivity (Wildman–Crippen MR) is 84.7 cm³/mol. The molecule has 0 aliphatic heterocycles. The molecule has 0 unspecified atom stereocenters. The summed E-state index contributed by atoms with van der Waals surface area (Å²) in [5, 5.41) is 10.5. The Bertz CT molecular complexity index is 633. The smallest absolute Gasteiger partial charge is 0.271 e. The first kappa shape index (κ1) is 14.9. The zero-order valence-corrected chi connectivity index (χ0v) is 12.3. The largest absolute Gasteiger partial charge is 0.326 e. The van der Waals surface area contributed by atoms with E-state index < -0.39 is 0 Å². The molecule has 0 bridgehead atoms. The number of anilines is 1. The average molecular weight is 301 g/mol. The molecule has 2 aromatic rings. The van der Waals surface area contributed by atoms with Crippen LogP contribution in [0, 0.1) is 0 Å². The number of amides is 2. The zero-order chi connectivity index (χ0) is 15.1. The lowest BCUT2D eigenvalue weighted by atomic mass is 10.2. The van der Waals surface area contributed by atoms with Gasteiger partial charge in [-0.2, -0.15) is 16.4 Å². The van der Waals surface area contributed by atoms with Gasteiger partial charge in [-0.05, 0) is 41.1 Å². The van der Waals surface area contributed by atoms with Crippen molar-refractivity contribution in [1.82, 2.24) is 5.43 Å². The maximum Gasteiger partial charge on any atom is 0.271 e. The highest BCUT2D eigenvalue weighted by molar-refractivity contribution is 7.08. The predicted octanol–water partition coefficient (Wildman–Crippen LogP) is 2.86. The van der Waals surface area contributed by atoms with Crippen molar-refractivity contribution >= 4 is 35.1 Å². The van der Waals surface area contributed by atoms with E-state index in [-0.39, 0.29) is 11.8 Å². The molecule has 21 heavy (non-hydrogen) atoms. The molecule has 0 aliphatic carbocycles. The molecule has 0 fully saturated rings. The number of carbonyl (C=O) groups excluding carboxylic acids is 2. The summed E-state index contributed by atoms with van der Waals surface area (Å²) in [6, 6.07) is 8.56. The maximum atomic E-state index is 11.9. The molecular weight excluding hydrogens is 286 g/mol. The van der Waals surface area contributed by atoms with Crippen molar-refractivity contribution < 1.29 is 9.59 Å². The van der Waals surface area contributed by atoms with Crippen molar-refractivity contribution in [2.45, 2.75) is 13.3 Å². The summed E-state index contributed by atoms with van der Waals surface area (Å²) in [6.45, 7) is 1.78. The second-order valence-electron chi connectivity index (χ2n) is 4.23. The Labute approximate surface area is 126 Å². The van der Waals surface area contributed by atoms with E-state index in [1.807, 2.05) is 16.8 Å². The van der Waals surface area contributed by atoms with Gasteiger partial charge in [0, 0.05) is 23.2 Å². The molecule has 6 heteroatoms. The minimum absolute atomic E-state index is 0.0624. The molecule has 2 amide bonds. The highest BCUT2D eigenvalue weighted by atomic mass is 32.1. The van der Waals surface area contributed by atoms with Crippen molar-refractivity contribution in [3.05, 3.63) is 52.2 Å². The fraction of sp³-hybridized carbons (Fsp3) is 0.133. The van der Waals surface area contributed by atoms with E-state index >= 15 is 0 Å². The second-order valence-corrected chi connectivity index (χ2v) is 5.01. The summed E-state index contributed by atoms with van der Waals surface area (Å²) in [5.41, 5.74) is 4.54. The van der Waals surface area contributed by atoms with E-state index in [1.165, 1.54) is 0 Å². The van der Waals surface area contributed by atoms with Crippen LogP contribution in [0.15, 0.2) is 46.2 Å². The third-order valence-electron chi connectivity index (χ3n) is 2.67. The maximum absolute atomic E-state index is 11.9. The van der Waals surface area contributed by atoms with E-state index in [4.69, 9.17) is 0 Å². The minimum atomic E-state index is -0.296. The third-order valence-corrected chi connectivity index (χ3v) is 3.38. The first-order valence-corrected chi connectivity index (χ1v) is 7.39. The summed E-state index contributed by atoms with van der Waals surface area (Å²) < 4.78 is 0. The highest BCUT2D eigenvalue weighted by Crippen LogP contribution is 2.10. The Hall–Kier alpha value is -2.47. The molecule has 0 aliphatic rings. The molecule has 5 nitrogen and oxygen atoms in total. The fourth-order valence-corrected chi connectivity index (χ4v) is 2.14. The molecular formula is C15H15N3O2S. The SMILES string of the molecule is CCC(=O)Nc1ccc(C(=O)NN=Cc2ccsc2)cc1. The lowest BCUT2D eigenvalue weighted by molar-refractivity contribution is -0.115. The van der Waals surface area contributed by atoms with Crippen LogP contribution in [0.2, 0.25) is 0 Å². The van der Waals surface area contributed by atoms with Crippen molar-refractivity contribution in [3.8, 4) is 0 Å². The van der Waals surface area contributed by atoms with Crippen LogP contribution in [-0.2, 0) is 4.79 Å². The van der Waals surface area contributed by atoms with Gasteiger partial charge in [0.05, 0.1) is 6.21 Å². The summed E-state index contributed by atoms with van der Waals surface area (Å²) in [6.07, 6.45) is 2.00. The summed E-state index contributed by atoms with van der Waals surface area (Å²) in [7, 11) is 0. The van der Waals surface area contributed by atoms with Crippen LogP contribution in [0.5, 0.6) is 0 Å². The molecule has 2 N–H and O–H groups in total. The number of thiophene rings is 1. The molecule has 0 spiro atoms. The van der Waals surface area contributed by atoms with E-state index in [0.29, 0.717) is 17.7 Å². The quantitative estimate of drug-likeness (QED) is 0.658. The van der Waals surface area contributed by atoms with E-state index in [9.17, 15) is 9.59 Å². The molecule has 108 valence electrons. The van der Waals surface area contributed by atoms with Gasteiger partial charge < -0.3 is 5.32 Å². The summed E-state index contributed by atoms with van der Waals surface area (Å²) in [4.78, 5) is 23.1. The number of rotatable bonds is 5. The Morgan fingerprint density at radius 3 is 2.62 bits per heavy atom. The molecule has 1 aromatic carbocycles. The van der Waals surface area contributed by atoms with Gasteiger partial charge in [0.25, 0.3) is 5.91 Å². The van der Waals surface area contributed by atoms with E-state index in [0.717, 1.165) is 5.56 Å². The van der Waals surface area contributed by atoms with Crippen molar-refractivity contribution in [1.29, 1.82) is 0 Å². The second kappa shape index (κ2) is 7.35. The number of nitrogens with zero attached hydrogens (tertiary/aromatic N) is 1.